The molecule has 0 aliphatic rings. The molecule has 0 saturated carbocycles. The van der Waals surface area contributed by atoms with Crippen molar-refractivity contribution < 1.29 is 19.0 Å². The predicted molar refractivity (Wildman–Crippen MR) is 75.0 cm³/mol. The molecule has 0 spiro atoms. The van der Waals surface area contributed by atoms with Crippen LogP contribution in [0.4, 0.5) is 0 Å². The number of unbranched alkanes of at least 4 members (excludes halogenated alkanes) is 1. The van der Waals surface area contributed by atoms with Crippen molar-refractivity contribution >= 4 is 5.97 Å². The minimum absolute atomic E-state index is 0.106. The molecule has 0 aromatic heterocycles. The molecular formula is C14H29NO4. The Morgan fingerprint density at radius 1 is 1.26 bits per heavy atom. The Morgan fingerprint density at radius 2 is 1.95 bits per heavy atom. The topological polar surface area (TPSA) is 70.8 Å². The van der Waals surface area contributed by atoms with E-state index >= 15 is 0 Å². The van der Waals surface area contributed by atoms with E-state index in [1.165, 1.54) is 0 Å². The molecule has 0 amide bonds. The molecule has 0 aromatic rings. The Kier molecular flexibility index (Phi) is 9.83. The first-order chi connectivity index (χ1) is 8.94. The van der Waals surface area contributed by atoms with Gasteiger partial charge >= 0.3 is 5.97 Å². The number of hydrogen-bond acceptors (Lipinski definition) is 5. The van der Waals surface area contributed by atoms with E-state index in [1.807, 2.05) is 13.8 Å². The molecule has 0 saturated heterocycles. The summed E-state index contributed by atoms with van der Waals surface area (Å²) in [5.41, 5.74) is 5.02. The normalized spacial score (nSPS) is 15.8. The zero-order valence-corrected chi connectivity index (χ0v) is 12.7. The third-order valence-electron chi connectivity index (χ3n) is 2.79. The highest BCUT2D eigenvalue weighted by Gasteiger charge is 2.28. The van der Waals surface area contributed by atoms with Crippen LogP contribution in [0.25, 0.3) is 0 Å². The molecule has 2 atom stereocenters. The molecule has 19 heavy (non-hydrogen) atoms. The molecule has 5 heteroatoms. The van der Waals surface area contributed by atoms with E-state index < -0.39 is 5.54 Å². The molecule has 5 nitrogen and oxygen atoms in total. The lowest BCUT2D eigenvalue weighted by molar-refractivity contribution is -0.149. The number of nitrogens with two attached hydrogens (primary N) is 1. The molecule has 0 fully saturated rings. The average Bonchev–Trinajstić information content (AvgIpc) is 2.36. The molecule has 0 bridgehead atoms. The van der Waals surface area contributed by atoms with Crippen LogP contribution in [0, 0.1) is 0 Å². The fraction of sp³-hybridized carbons (Fsp3) is 0.929. The third-order valence-corrected chi connectivity index (χ3v) is 2.79. The Bertz CT molecular complexity index is 244. The van der Waals surface area contributed by atoms with Gasteiger partial charge in [0.15, 0.2) is 0 Å². The van der Waals surface area contributed by atoms with E-state index in [-0.39, 0.29) is 12.1 Å². The zero-order valence-electron chi connectivity index (χ0n) is 12.7. The standard InChI is InChI=1S/C14H29NO4/c1-5-17-11-12(3)19-10-8-7-9-14(4,15)13(16)18-6-2/h12H,5-11,15H2,1-4H3. The fourth-order valence-corrected chi connectivity index (χ4v) is 1.61. The van der Waals surface area contributed by atoms with Crippen LogP contribution in [-0.4, -0.2) is 44.0 Å². The number of esters is 1. The first-order valence-electron chi connectivity index (χ1n) is 7.09. The SMILES string of the molecule is CCOCC(C)OCCCCC(C)(N)C(=O)OCC. The van der Waals surface area contributed by atoms with Crippen molar-refractivity contribution in [3.63, 3.8) is 0 Å². The Hall–Kier alpha value is -0.650. The summed E-state index contributed by atoms with van der Waals surface area (Å²) in [5, 5.41) is 0. The maximum atomic E-state index is 11.6. The summed E-state index contributed by atoms with van der Waals surface area (Å²) in [5.74, 6) is -0.333. The van der Waals surface area contributed by atoms with E-state index in [4.69, 9.17) is 19.9 Å². The van der Waals surface area contributed by atoms with Gasteiger partial charge in [-0.05, 0) is 47.0 Å². The maximum Gasteiger partial charge on any atom is 0.325 e. The average molecular weight is 275 g/mol. The summed E-state index contributed by atoms with van der Waals surface area (Å²) >= 11 is 0. The van der Waals surface area contributed by atoms with Crippen molar-refractivity contribution in [2.45, 2.75) is 58.6 Å². The second-order valence-electron chi connectivity index (χ2n) is 4.94. The van der Waals surface area contributed by atoms with Gasteiger partial charge in [0, 0.05) is 13.2 Å². The zero-order chi connectivity index (χ0) is 14.7. The molecule has 2 N–H and O–H groups in total. The molecule has 114 valence electrons. The van der Waals surface area contributed by atoms with Gasteiger partial charge in [0.1, 0.15) is 5.54 Å². The second kappa shape index (κ2) is 10.2. The van der Waals surface area contributed by atoms with E-state index in [0.717, 1.165) is 12.8 Å². The first kappa shape index (κ1) is 18.4. The van der Waals surface area contributed by atoms with Gasteiger partial charge in [0.05, 0.1) is 19.3 Å². The Balaban J connectivity index is 3.65. The van der Waals surface area contributed by atoms with Gasteiger partial charge in [-0.3, -0.25) is 4.79 Å². The summed E-state index contributed by atoms with van der Waals surface area (Å²) in [6.45, 7) is 9.79. The van der Waals surface area contributed by atoms with Gasteiger partial charge in [-0.1, -0.05) is 0 Å². The van der Waals surface area contributed by atoms with E-state index in [2.05, 4.69) is 0 Å². The lowest BCUT2D eigenvalue weighted by Crippen LogP contribution is -2.46. The first-order valence-corrected chi connectivity index (χ1v) is 7.09. The smallest absolute Gasteiger partial charge is 0.325 e. The van der Waals surface area contributed by atoms with Crippen molar-refractivity contribution in [1.82, 2.24) is 0 Å². The predicted octanol–water partition coefficient (Wildman–Crippen LogP) is 1.88. The fourth-order valence-electron chi connectivity index (χ4n) is 1.61. The van der Waals surface area contributed by atoms with Crippen molar-refractivity contribution in [2.75, 3.05) is 26.4 Å². The van der Waals surface area contributed by atoms with Crippen LogP contribution >= 0.6 is 0 Å². The van der Waals surface area contributed by atoms with Crippen molar-refractivity contribution in [2.24, 2.45) is 5.73 Å². The van der Waals surface area contributed by atoms with Crippen molar-refractivity contribution in [3.8, 4) is 0 Å². The summed E-state index contributed by atoms with van der Waals surface area (Å²) in [6.07, 6.45) is 2.43. The molecule has 0 aliphatic heterocycles. The van der Waals surface area contributed by atoms with Gasteiger partial charge < -0.3 is 19.9 Å². The van der Waals surface area contributed by atoms with Gasteiger partial charge in [-0.2, -0.15) is 0 Å². The van der Waals surface area contributed by atoms with Crippen LogP contribution in [0.5, 0.6) is 0 Å². The highest BCUT2D eigenvalue weighted by Crippen LogP contribution is 2.13. The van der Waals surface area contributed by atoms with Crippen molar-refractivity contribution in [1.29, 1.82) is 0 Å². The van der Waals surface area contributed by atoms with E-state index in [9.17, 15) is 4.79 Å². The molecule has 0 aliphatic carbocycles. The summed E-state index contributed by atoms with van der Waals surface area (Å²) in [7, 11) is 0. The Morgan fingerprint density at radius 3 is 2.53 bits per heavy atom. The highest BCUT2D eigenvalue weighted by atomic mass is 16.5. The van der Waals surface area contributed by atoms with E-state index in [0.29, 0.717) is 32.8 Å². The number of hydrogen-bond donors (Lipinski definition) is 1. The van der Waals surface area contributed by atoms with Gasteiger partial charge in [-0.25, -0.2) is 0 Å². The quantitative estimate of drug-likeness (QED) is 0.460. The summed E-state index contributed by atoms with van der Waals surface area (Å²) < 4.78 is 15.8. The third kappa shape index (κ3) is 8.97. The molecular weight excluding hydrogens is 246 g/mol. The lowest BCUT2D eigenvalue weighted by atomic mass is 9.96. The van der Waals surface area contributed by atoms with Gasteiger partial charge in [0.25, 0.3) is 0 Å². The monoisotopic (exact) mass is 275 g/mol. The molecule has 0 rings (SSSR count). The second-order valence-corrected chi connectivity index (χ2v) is 4.94. The molecule has 0 aromatic carbocycles. The van der Waals surface area contributed by atoms with Gasteiger partial charge in [-0.15, -0.1) is 0 Å². The van der Waals surface area contributed by atoms with Crippen LogP contribution in [0.1, 0.15) is 47.0 Å². The Labute approximate surface area is 116 Å². The van der Waals surface area contributed by atoms with Crippen LogP contribution in [0.15, 0.2) is 0 Å². The molecule has 0 radical (unpaired) electrons. The minimum atomic E-state index is -0.896. The minimum Gasteiger partial charge on any atom is -0.465 e. The van der Waals surface area contributed by atoms with Crippen LogP contribution in [0.2, 0.25) is 0 Å². The number of carbonyl (C=O) groups is 1. The number of carbonyl (C=O) groups excluding carboxylic acids is 1. The summed E-state index contributed by atoms with van der Waals surface area (Å²) in [6, 6.07) is 0. The number of ether oxygens (including phenoxy) is 3. The number of rotatable bonds is 11. The maximum absolute atomic E-state index is 11.6. The highest BCUT2D eigenvalue weighted by molar-refractivity contribution is 5.79. The van der Waals surface area contributed by atoms with Crippen LogP contribution in [-0.2, 0) is 19.0 Å². The van der Waals surface area contributed by atoms with Gasteiger partial charge in [0.2, 0.25) is 0 Å². The summed E-state index contributed by atoms with van der Waals surface area (Å²) in [4.78, 5) is 11.6. The van der Waals surface area contributed by atoms with Crippen molar-refractivity contribution in [3.05, 3.63) is 0 Å². The van der Waals surface area contributed by atoms with Crippen LogP contribution in [0.3, 0.4) is 0 Å². The lowest BCUT2D eigenvalue weighted by Gasteiger charge is -2.22. The molecule has 0 heterocycles. The van der Waals surface area contributed by atoms with E-state index in [1.54, 1.807) is 13.8 Å². The largest absolute Gasteiger partial charge is 0.465 e. The molecule has 2 unspecified atom stereocenters. The van der Waals surface area contributed by atoms with Crippen LogP contribution < -0.4 is 5.73 Å².